The fourth-order valence-corrected chi connectivity index (χ4v) is 15.0. The minimum Gasteiger partial charge on any atom is -0.462 e. The molecular weight excluding hydrogens is 1290 g/mol. The summed E-state index contributed by atoms with van der Waals surface area (Å²) in [6.07, 6.45) is 4.78. The van der Waals surface area contributed by atoms with Gasteiger partial charge in [-0.3, -0.25) is 19.3 Å². The molecule has 7 aliphatic rings. The second kappa shape index (κ2) is 43.5. The van der Waals surface area contributed by atoms with Crippen molar-refractivity contribution in [3.8, 4) is 0 Å². The van der Waals surface area contributed by atoms with Crippen LogP contribution in [0.4, 0.5) is 14.4 Å². The van der Waals surface area contributed by atoms with Gasteiger partial charge in [0.1, 0.15) is 35.1 Å². The highest BCUT2D eigenvalue weighted by atomic mass is 16.6. The lowest BCUT2D eigenvalue weighted by Crippen LogP contribution is -2.52. The molecule has 7 fully saturated rings. The second-order valence-electron chi connectivity index (χ2n) is 33.4. The first-order valence-corrected chi connectivity index (χ1v) is 38.1. The molecule has 0 saturated carbocycles. The summed E-state index contributed by atoms with van der Waals surface area (Å²) < 4.78 is 32.1. The standard InChI is InChI=1S/C21H39N3O4.C19H37N3O3.C16H23NO2.C12H24N2O3.C9H17NO2/c1-15-13-24(14-16(2)19(15)27-17(3)25)12-11-23-9-7-18(8-10-23)22-20(26)28-21(4,5)6;1-14-12-22(13-15(2)17(14)23)11-10-21-8-6-16(7-9-21)20-18(24)25-19(3,4)5;1-12-9-17(11-15-7-5-4-6-8-15)10-13(2)16(12)19-14(3)18;1-12(2,3)17-11(16)13-10-4-6-14(7-5-10)8-9-15;1-6-4-10-5-7(2)9(6)12-8(3)11/h15-16,18-19H,7-14H2,1-6H3,(H,22,26);14-17,23H,6-13H2,1-5H3,(H,20,24);4-8,12-13,16H,9-11H2,1-3H3;10,15H,4-9H2,1-3H3,(H,13,16);6-7,9-10H,4-5H2,1-3H3/t15-,16+,19?;14-,15+,17?;12-,13+,16?;;6-,7+,9?. The van der Waals surface area contributed by atoms with Crippen LogP contribution in [0.15, 0.2) is 30.3 Å². The predicted octanol–water partition coefficient (Wildman–Crippen LogP) is 8.89. The Morgan fingerprint density at radius 3 is 0.990 bits per heavy atom. The van der Waals surface area contributed by atoms with Crippen LogP contribution in [0.3, 0.4) is 0 Å². The maximum absolute atomic E-state index is 11.9. The quantitative estimate of drug-likeness (QED) is 0.0666. The summed E-state index contributed by atoms with van der Waals surface area (Å²) in [4.78, 5) is 83.1. The number of ether oxygens (including phenoxy) is 6. The van der Waals surface area contributed by atoms with Crippen molar-refractivity contribution in [3.05, 3.63) is 35.9 Å². The van der Waals surface area contributed by atoms with Crippen molar-refractivity contribution in [2.24, 2.45) is 47.3 Å². The summed E-state index contributed by atoms with van der Waals surface area (Å²) in [6, 6.07) is 11.1. The number of likely N-dealkylation sites (tertiary alicyclic amines) is 6. The van der Waals surface area contributed by atoms with Crippen molar-refractivity contribution >= 4 is 36.2 Å². The van der Waals surface area contributed by atoms with E-state index >= 15 is 0 Å². The van der Waals surface area contributed by atoms with Gasteiger partial charge in [-0.05, 0) is 118 Å². The lowest BCUT2D eigenvalue weighted by molar-refractivity contribution is -0.156. The van der Waals surface area contributed by atoms with E-state index in [-0.39, 0.29) is 85.3 Å². The van der Waals surface area contributed by atoms with E-state index in [0.29, 0.717) is 47.3 Å². The highest BCUT2D eigenvalue weighted by molar-refractivity contribution is 5.69. The summed E-state index contributed by atoms with van der Waals surface area (Å²) in [7, 11) is 0. The summed E-state index contributed by atoms with van der Waals surface area (Å²) in [5.74, 6) is 2.54. The third-order valence-electron chi connectivity index (χ3n) is 19.7. The molecule has 8 rings (SSSR count). The first-order valence-electron chi connectivity index (χ1n) is 38.1. The Bertz CT molecular complexity index is 2520. The van der Waals surface area contributed by atoms with Gasteiger partial charge in [0.05, 0.1) is 12.7 Å². The Kier molecular flexibility index (Phi) is 38.1. The van der Waals surface area contributed by atoms with Gasteiger partial charge in [-0.15, -0.1) is 0 Å². The predicted molar refractivity (Wildman–Crippen MR) is 397 cm³/mol. The normalized spacial score (nSPS) is 28.0. The number of alkyl carbamates (subject to hydrolysis) is 3. The third kappa shape index (κ3) is 36.1. The lowest BCUT2D eigenvalue weighted by Gasteiger charge is -2.41. The van der Waals surface area contributed by atoms with Crippen LogP contribution in [-0.2, 0) is 49.3 Å². The van der Waals surface area contributed by atoms with Gasteiger partial charge in [-0.25, -0.2) is 14.4 Å². The van der Waals surface area contributed by atoms with E-state index in [9.17, 15) is 33.9 Å². The van der Waals surface area contributed by atoms with Crippen LogP contribution < -0.4 is 21.3 Å². The number of aliphatic hydroxyl groups excluding tert-OH is 2. The highest BCUT2D eigenvalue weighted by Crippen LogP contribution is 2.29. The number of hydrogen-bond donors (Lipinski definition) is 6. The Hall–Kier alpha value is -4.92. The number of β-amino-alcohol motifs (C(OH)–C–C–N with tert-alkyl or cyclic N) is 1. The van der Waals surface area contributed by atoms with Crippen molar-refractivity contribution in [2.75, 3.05) is 131 Å². The zero-order valence-electron chi connectivity index (χ0n) is 66.1. The number of benzene rings is 1. The van der Waals surface area contributed by atoms with Crippen molar-refractivity contribution < 1.29 is 67.4 Å². The zero-order valence-corrected chi connectivity index (χ0v) is 66.1. The molecule has 3 amide bonds. The van der Waals surface area contributed by atoms with E-state index in [1.165, 1.54) is 26.3 Å². The molecule has 7 heterocycles. The van der Waals surface area contributed by atoms with Gasteiger partial charge >= 0.3 is 36.2 Å². The molecule has 6 N–H and O–H groups in total. The van der Waals surface area contributed by atoms with E-state index in [4.69, 9.17) is 33.5 Å². The van der Waals surface area contributed by atoms with Gasteiger partial charge in [0.2, 0.25) is 0 Å². The van der Waals surface area contributed by atoms with Gasteiger partial charge in [-0.1, -0.05) is 85.7 Å². The zero-order chi connectivity index (χ0) is 75.4. The van der Waals surface area contributed by atoms with Crippen LogP contribution in [0.5, 0.6) is 0 Å². The van der Waals surface area contributed by atoms with E-state index in [0.717, 1.165) is 169 Å². The molecule has 7 aliphatic heterocycles. The number of amides is 3. The number of carbonyl (C=O) groups is 6. The number of piperidine rings is 7. The Morgan fingerprint density at radius 2 is 0.693 bits per heavy atom. The summed E-state index contributed by atoms with van der Waals surface area (Å²) >= 11 is 0. The average molecular weight is 1430 g/mol. The van der Waals surface area contributed by atoms with Gasteiger partial charge in [0, 0.05) is 205 Å². The molecule has 12 atom stereocenters. The van der Waals surface area contributed by atoms with E-state index in [2.05, 4.69) is 130 Å². The van der Waals surface area contributed by atoms with Gasteiger partial charge in [0.15, 0.2) is 0 Å². The number of hydrogen-bond acceptors (Lipinski definition) is 21. The maximum atomic E-state index is 11.9. The molecule has 0 aliphatic carbocycles. The van der Waals surface area contributed by atoms with Crippen LogP contribution in [0, 0.1) is 47.3 Å². The number of nitrogens with one attached hydrogen (secondary N) is 4. The SMILES string of the molecule is CC(=O)OC1[C@H](C)CN(CCN2CCC(NC(=O)OC(C)(C)C)CC2)C[C@@H]1C.CC(=O)OC1[C@H](C)CN(Cc2ccccc2)C[C@@H]1C.CC(=O)OC1[C@H](C)CNC[C@@H]1C.CC(C)(C)OC(=O)NC1CCN(CCO)CC1.C[C@@H]1CN(CCN2CCC(NC(=O)OC(C)(C)C)CC2)C[C@H](C)C1O. The number of rotatable bonds is 16. The van der Waals surface area contributed by atoms with Crippen molar-refractivity contribution in [3.63, 3.8) is 0 Å². The summed E-state index contributed by atoms with van der Waals surface area (Å²) in [5.41, 5.74) is -0.00195. The molecule has 0 radical (unpaired) electrons. The third-order valence-corrected chi connectivity index (χ3v) is 19.7. The largest absolute Gasteiger partial charge is 0.462 e. The van der Waals surface area contributed by atoms with Crippen LogP contribution in [-0.4, -0.2) is 266 Å². The number of carbonyl (C=O) groups excluding carboxylic acids is 6. The summed E-state index contributed by atoms with van der Waals surface area (Å²) in [5, 5.41) is 31.1. The molecule has 0 bridgehead atoms. The monoisotopic (exact) mass is 1430 g/mol. The topological polar surface area (TPSA) is 266 Å². The number of esters is 3. The minimum atomic E-state index is -0.456. The van der Waals surface area contributed by atoms with Crippen LogP contribution in [0.2, 0.25) is 0 Å². The van der Waals surface area contributed by atoms with Crippen LogP contribution in [0.25, 0.3) is 0 Å². The number of nitrogens with zero attached hydrogens (tertiary/aromatic N) is 6. The van der Waals surface area contributed by atoms with E-state index in [1.54, 1.807) is 0 Å². The molecule has 1 aromatic carbocycles. The van der Waals surface area contributed by atoms with Gasteiger partial charge in [-0.2, -0.15) is 0 Å². The van der Waals surface area contributed by atoms with Crippen LogP contribution in [0.1, 0.15) is 183 Å². The Morgan fingerprint density at radius 1 is 0.416 bits per heavy atom. The Balaban J connectivity index is 0.000000275. The molecule has 24 nitrogen and oxygen atoms in total. The van der Waals surface area contributed by atoms with Gasteiger partial charge < -0.3 is 84.4 Å². The molecule has 0 aromatic heterocycles. The number of aliphatic hydroxyl groups is 2. The fraction of sp³-hybridized carbons (Fsp3) is 0.844. The molecule has 24 heteroatoms. The van der Waals surface area contributed by atoms with E-state index in [1.807, 2.05) is 68.4 Å². The van der Waals surface area contributed by atoms with Gasteiger partial charge in [0.25, 0.3) is 0 Å². The molecule has 4 unspecified atom stereocenters. The lowest BCUT2D eigenvalue weighted by atomic mass is 9.88. The fourth-order valence-electron chi connectivity index (χ4n) is 15.0. The van der Waals surface area contributed by atoms with Crippen LogP contribution >= 0.6 is 0 Å². The van der Waals surface area contributed by atoms with Crippen molar-refractivity contribution in [1.82, 2.24) is 50.7 Å². The Labute approximate surface area is 608 Å². The van der Waals surface area contributed by atoms with Crippen molar-refractivity contribution in [2.45, 2.75) is 243 Å². The molecule has 101 heavy (non-hydrogen) atoms. The smallest absolute Gasteiger partial charge is 0.407 e. The second-order valence-corrected chi connectivity index (χ2v) is 33.4. The minimum absolute atomic E-state index is 0.0309. The molecule has 1 aromatic rings. The van der Waals surface area contributed by atoms with Crippen molar-refractivity contribution in [1.29, 1.82) is 0 Å². The maximum Gasteiger partial charge on any atom is 0.407 e. The first-order chi connectivity index (χ1) is 47.2. The van der Waals surface area contributed by atoms with E-state index < -0.39 is 16.8 Å². The average Bonchev–Trinajstić information content (AvgIpc) is 0.846. The molecular formula is C77H140N10O14. The first kappa shape index (κ1) is 88.5. The molecule has 582 valence electrons. The summed E-state index contributed by atoms with van der Waals surface area (Å²) in [6.45, 7) is 58.2. The highest BCUT2D eigenvalue weighted by Gasteiger charge is 2.37. The molecule has 0 spiro atoms. The molecule has 7 saturated heterocycles.